The normalized spacial score (nSPS) is 20.7. The summed E-state index contributed by atoms with van der Waals surface area (Å²) < 4.78 is 5.35. The van der Waals surface area contributed by atoms with E-state index in [4.69, 9.17) is 4.74 Å². The average molecular weight is 274 g/mol. The van der Waals surface area contributed by atoms with Crippen molar-refractivity contribution in [1.29, 1.82) is 0 Å². The molecule has 1 amide bonds. The first-order chi connectivity index (χ1) is 9.69. The smallest absolute Gasteiger partial charge is 0.271 e. The molecule has 1 aliphatic carbocycles. The highest BCUT2D eigenvalue weighted by Gasteiger charge is 2.14. The molecular formula is C16H22N2O2. The van der Waals surface area contributed by atoms with Gasteiger partial charge in [0, 0.05) is 11.3 Å². The van der Waals surface area contributed by atoms with Crippen molar-refractivity contribution >= 4 is 11.6 Å². The summed E-state index contributed by atoms with van der Waals surface area (Å²) in [7, 11) is 0. The first-order valence-corrected chi connectivity index (χ1v) is 7.27. The van der Waals surface area contributed by atoms with E-state index in [0.29, 0.717) is 18.1 Å². The van der Waals surface area contributed by atoms with Gasteiger partial charge in [-0.1, -0.05) is 6.92 Å². The van der Waals surface area contributed by atoms with E-state index in [-0.39, 0.29) is 5.91 Å². The number of hydrazone groups is 1. The van der Waals surface area contributed by atoms with Crippen molar-refractivity contribution < 1.29 is 9.53 Å². The van der Waals surface area contributed by atoms with Gasteiger partial charge in [0.2, 0.25) is 0 Å². The summed E-state index contributed by atoms with van der Waals surface area (Å²) in [5.74, 6) is 1.28. The van der Waals surface area contributed by atoms with Gasteiger partial charge in [-0.3, -0.25) is 4.79 Å². The monoisotopic (exact) mass is 274 g/mol. The standard InChI is InChI=1S/C16H22N2O2/c1-3-20-15-9-7-13(8-10-15)16(19)18-17-14-6-4-5-12(2)11-14/h7-10,12H,3-6,11H2,1-2H3,(H,18,19). The minimum atomic E-state index is -0.168. The Labute approximate surface area is 120 Å². The second-order valence-electron chi connectivity index (χ2n) is 5.28. The van der Waals surface area contributed by atoms with Crippen LogP contribution in [0.15, 0.2) is 29.4 Å². The van der Waals surface area contributed by atoms with E-state index >= 15 is 0 Å². The molecule has 1 aromatic carbocycles. The molecule has 0 radical (unpaired) electrons. The maximum absolute atomic E-state index is 12.0. The minimum absolute atomic E-state index is 0.168. The van der Waals surface area contributed by atoms with Gasteiger partial charge in [0.15, 0.2) is 0 Å². The van der Waals surface area contributed by atoms with Crippen LogP contribution in [0.25, 0.3) is 0 Å². The highest BCUT2D eigenvalue weighted by atomic mass is 16.5. The van der Waals surface area contributed by atoms with Crippen molar-refractivity contribution in [3.05, 3.63) is 29.8 Å². The second-order valence-corrected chi connectivity index (χ2v) is 5.28. The van der Waals surface area contributed by atoms with Gasteiger partial charge in [0.25, 0.3) is 5.91 Å². The average Bonchev–Trinajstić information content (AvgIpc) is 2.46. The summed E-state index contributed by atoms with van der Waals surface area (Å²) >= 11 is 0. The third kappa shape index (κ3) is 4.08. The van der Waals surface area contributed by atoms with Crippen molar-refractivity contribution in [3.8, 4) is 5.75 Å². The number of hydrogen-bond acceptors (Lipinski definition) is 3. The highest BCUT2D eigenvalue weighted by Crippen LogP contribution is 2.21. The first kappa shape index (κ1) is 14.6. The minimum Gasteiger partial charge on any atom is -0.494 e. The molecule has 1 aromatic rings. The molecule has 108 valence electrons. The van der Waals surface area contributed by atoms with Crippen LogP contribution in [0, 0.1) is 5.92 Å². The van der Waals surface area contributed by atoms with Gasteiger partial charge in [0.1, 0.15) is 5.75 Å². The Hall–Kier alpha value is -1.84. The van der Waals surface area contributed by atoms with Crippen LogP contribution in [0.1, 0.15) is 49.9 Å². The molecule has 1 atom stereocenters. The molecule has 0 aliphatic heterocycles. The van der Waals surface area contributed by atoms with Gasteiger partial charge in [0.05, 0.1) is 6.61 Å². The zero-order chi connectivity index (χ0) is 14.4. The summed E-state index contributed by atoms with van der Waals surface area (Å²) in [6, 6.07) is 7.11. The summed E-state index contributed by atoms with van der Waals surface area (Å²) in [6.07, 6.45) is 4.40. The Morgan fingerprint density at radius 3 is 2.80 bits per heavy atom. The van der Waals surface area contributed by atoms with Crippen LogP contribution in [-0.2, 0) is 0 Å². The Morgan fingerprint density at radius 2 is 2.15 bits per heavy atom. The number of rotatable bonds is 4. The fourth-order valence-corrected chi connectivity index (χ4v) is 2.43. The molecule has 1 aliphatic rings. The van der Waals surface area contributed by atoms with Crippen molar-refractivity contribution in [2.75, 3.05) is 6.61 Å². The third-order valence-electron chi connectivity index (χ3n) is 3.49. The van der Waals surface area contributed by atoms with Crippen LogP contribution in [0.5, 0.6) is 5.75 Å². The predicted octanol–water partition coefficient (Wildman–Crippen LogP) is 3.38. The number of carbonyl (C=O) groups is 1. The lowest BCUT2D eigenvalue weighted by atomic mass is 9.89. The second kappa shape index (κ2) is 7.08. The molecule has 0 saturated heterocycles. The van der Waals surface area contributed by atoms with Gasteiger partial charge in [-0.25, -0.2) is 5.43 Å². The molecule has 1 unspecified atom stereocenters. The van der Waals surface area contributed by atoms with Crippen LogP contribution in [0.3, 0.4) is 0 Å². The number of hydrogen-bond donors (Lipinski definition) is 1. The molecule has 0 spiro atoms. The molecule has 0 aromatic heterocycles. The third-order valence-corrected chi connectivity index (χ3v) is 3.49. The van der Waals surface area contributed by atoms with Crippen molar-refractivity contribution in [3.63, 3.8) is 0 Å². The van der Waals surface area contributed by atoms with Gasteiger partial charge in [-0.2, -0.15) is 5.10 Å². The maximum atomic E-state index is 12.0. The van der Waals surface area contributed by atoms with Gasteiger partial charge < -0.3 is 4.74 Å². The van der Waals surface area contributed by atoms with Crippen molar-refractivity contribution in [2.45, 2.75) is 39.5 Å². The Balaban J connectivity index is 1.92. The van der Waals surface area contributed by atoms with Gasteiger partial charge in [-0.05, 0) is 62.8 Å². The van der Waals surface area contributed by atoms with Crippen molar-refractivity contribution in [2.24, 2.45) is 11.0 Å². The van der Waals surface area contributed by atoms with Gasteiger partial charge >= 0.3 is 0 Å². The molecule has 1 saturated carbocycles. The zero-order valence-corrected chi connectivity index (χ0v) is 12.2. The number of nitrogens with zero attached hydrogens (tertiary/aromatic N) is 1. The van der Waals surface area contributed by atoms with Crippen LogP contribution in [0.2, 0.25) is 0 Å². The van der Waals surface area contributed by atoms with E-state index in [1.807, 2.05) is 6.92 Å². The topological polar surface area (TPSA) is 50.7 Å². The molecule has 0 bridgehead atoms. The molecule has 2 rings (SSSR count). The number of nitrogens with one attached hydrogen (secondary N) is 1. The van der Waals surface area contributed by atoms with E-state index in [0.717, 1.165) is 24.3 Å². The molecule has 4 heteroatoms. The fraction of sp³-hybridized carbons (Fsp3) is 0.500. The van der Waals surface area contributed by atoms with Crippen LogP contribution < -0.4 is 10.2 Å². The van der Waals surface area contributed by atoms with E-state index in [2.05, 4.69) is 17.5 Å². The van der Waals surface area contributed by atoms with E-state index < -0.39 is 0 Å². The summed E-state index contributed by atoms with van der Waals surface area (Å²) in [5.41, 5.74) is 4.35. The highest BCUT2D eigenvalue weighted by molar-refractivity contribution is 5.95. The number of ether oxygens (including phenoxy) is 1. The molecule has 1 fully saturated rings. The zero-order valence-electron chi connectivity index (χ0n) is 12.2. The van der Waals surface area contributed by atoms with Crippen LogP contribution in [0.4, 0.5) is 0 Å². The Kier molecular flexibility index (Phi) is 5.16. The van der Waals surface area contributed by atoms with Crippen LogP contribution >= 0.6 is 0 Å². The molecular weight excluding hydrogens is 252 g/mol. The SMILES string of the molecule is CCOc1ccc(C(=O)NN=C2CCCC(C)C2)cc1. The number of carbonyl (C=O) groups excluding carboxylic acids is 1. The van der Waals surface area contributed by atoms with E-state index in [9.17, 15) is 4.79 Å². The largest absolute Gasteiger partial charge is 0.494 e. The maximum Gasteiger partial charge on any atom is 0.271 e. The van der Waals surface area contributed by atoms with Crippen molar-refractivity contribution in [1.82, 2.24) is 5.43 Å². The fourth-order valence-electron chi connectivity index (χ4n) is 2.43. The van der Waals surface area contributed by atoms with E-state index in [1.54, 1.807) is 24.3 Å². The Bertz CT molecular complexity index is 480. The predicted molar refractivity (Wildman–Crippen MR) is 80.1 cm³/mol. The molecule has 0 heterocycles. The number of benzene rings is 1. The van der Waals surface area contributed by atoms with Crippen LogP contribution in [-0.4, -0.2) is 18.2 Å². The summed E-state index contributed by atoms with van der Waals surface area (Å²) in [5, 5.41) is 4.25. The lowest BCUT2D eigenvalue weighted by Crippen LogP contribution is -2.22. The first-order valence-electron chi connectivity index (χ1n) is 7.27. The summed E-state index contributed by atoms with van der Waals surface area (Å²) in [4.78, 5) is 12.0. The lowest BCUT2D eigenvalue weighted by Gasteiger charge is -2.18. The molecule has 1 N–H and O–H groups in total. The Morgan fingerprint density at radius 1 is 1.40 bits per heavy atom. The summed E-state index contributed by atoms with van der Waals surface area (Å²) in [6.45, 7) is 4.78. The molecule has 4 nitrogen and oxygen atoms in total. The lowest BCUT2D eigenvalue weighted by molar-refractivity contribution is 0.0954. The molecule has 20 heavy (non-hydrogen) atoms. The number of amides is 1. The van der Waals surface area contributed by atoms with Gasteiger partial charge in [-0.15, -0.1) is 0 Å². The van der Waals surface area contributed by atoms with E-state index in [1.165, 1.54) is 12.8 Å². The quantitative estimate of drug-likeness (QED) is 0.856.